The number of amides is 1. The molecule has 2 N–H and O–H groups in total. The molecule has 0 bridgehead atoms. The van der Waals surface area contributed by atoms with Crippen LogP contribution in [0.2, 0.25) is 0 Å². The van der Waals surface area contributed by atoms with Crippen LogP contribution >= 0.6 is 0 Å². The Morgan fingerprint density at radius 2 is 1.89 bits per heavy atom. The maximum Gasteiger partial charge on any atom is 0.226 e. The van der Waals surface area contributed by atoms with Gasteiger partial charge in [0, 0.05) is 18.5 Å². The van der Waals surface area contributed by atoms with Gasteiger partial charge in [-0.2, -0.15) is 0 Å². The summed E-state index contributed by atoms with van der Waals surface area (Å²) in [6.07, 6.45) is 3.95. The van der Waals surface area contributed by atoms with Crippen molar-refractivity contribution in [2.75, 3.05) is 46.4 Å². The van der Waals surface area contributed by atoms with Crippen LogP contribution in [-0.2, 0) is 4.79 Å². The van der Waals surface area contributed by atoms with E-state index in [1.165, 1.54) is 0 Å². The van der Waals surface area contributed by atoms with Crippen molar-refractivity contribution in [1.29, 1.82) is 0 Å². The van der Waals surface area contributed by atoms with Crippen LogP contribution in [0.25, 0.3) is 0 Å². The fourth-order valence-corrected chi connectivity index (χ4v) is 3.19. The van der Waals surface area contributed by atoms with Crippen molar-refractivity contribution in [3.8, 4) is 0 Å². The number of carbonyl (C=O) groups excluding carboxylic acids is 1. The molecule has 5 nitrogen and oxygen atoms in total. The Balaban J connectivity index is 1.95. The third kappa shape index (κ3) is 3.91. The molecule has 2 aliphatic heterocycles. The molecule has 2 fully saturated rings. The predicted octanol–water partition coefficient (Wildman–Crippen LogP) is -0.0989. The average molecular weight is 269 g/mol. The molecule has 2 aliphatic rings. The molecule has 0 aromatic rings. The quantitative estimate of drug-likeness (QED) is 0.748. The second-order valence-corrected chi connectivity index (χ2v) is 5.81. The zero-order valence-electron chi connectivity index (χ0n) is 12.0. The lowest BCUT2D eigenvalue weighted by Gasteiger charge is -2.39. The van der Waals surface area contributed by atoms with Gasteiger partial charge in [-0.05, 0) is 58.9 Å². The first-order valence-corrected chi connectivity index (χ1v) is 7.53. The summed E-state index contributed by atoms with van der Waals surface area (Å²) in [6, 6.07) is 0.325. The number of aliphatic hydroxyl groups excluding tert-OH is 1. The Hall–Kier alpha value is -0.650. The maximum absolute atomic E-state index is 12.6. The third-order valence-corrected chi connectivity index (χ3v) is 4.44. The van der Waals surface area contributed by atoms with Gasteiger partial charge in [-0.1, -0.05) is 0 Å². The summed E-state index contributed by atoms with van der Waals surface area (Å²) >= 11 is 0. The molecule has 0 aromatic carbocycles. The highest BCUT2D eigenvalue weighted by Crippen LogP contribution is 2.21. The van der Waals surface area contributed by atoms with Crippen molar-refractivity contribution in [3.05, 3.63) is 0 Å². The van der Waals surface area contributed by atoms with E-state index in [1.54, 1.807) is 0 Å². The van der Waals surface area contributed by atoms with E-state index >= 15 is 0 Å². The van der Waals surface area contributed by atoms with Crippen molar-refractivity contribution in [2.24, 2.45) is 5.92 Å². The number of likely N-dealkylation sites (tertiary alicyclic amines) is 1. The Morgan fingerprint density at radius 3 is 2.47 bits per heavy atom. The van der Waals surface area contributed by atoms with E-state index in [0.717, 1.165) is 51.9 Å². The van der Waals surface area contributed by atoms with Crippen LogP contribution in [-0.4, -0.2) is 73.2 Å². The molecule has 0 spiro atoms. The van der Waals surface area contributed by atoms with E-state index in [2.05, 4.69) is 17.3 Å². The Kier molecular flexibility index (Phi) is 5.60. The minimum Gasteiger partial charge on any atom is -0.395 e. The van der Waals surface area contributed by atoms with E-state index in [4.69, 9.17) is 0 Å². The van der Waals surface area contributed by atoms with E-state index in [-0.39, 0.29) is 18.4 Å². The molecule has 0 aliphatic carbocycles. The third-order valence-electron chi connectivity index (χ3n) is 4.44. The fourth-order valence-electron chi connectivity index (χ4n) is 3.19. The number of rotatable bonds is 4. The Morgan fingerprint density at radius 1 is 1.26 bits per heavy atom. The Bertz CT molecular complexity index is 284. The summed E-state index contributed by atoms with van der Waals surface area (Å²) in [7, 11) is 2.13. The van der Waals surface area contributed by atoms with Crippen molar-refractivity contribution in [2.45, 2.75) is 31.7 Å². The van der Waals surface area contributed by atoms with Crippen LogP contribution in [0.3, 0.4) is 0 Å². The van der Waals surface area contributed by atoms with Gasteiger partial charge in [-0.25, -0.2) is 0 Å². The van der Waals surface area contributed by atoms with Gasteiger partial charge >= 0.3 is 0 Å². The first kappa shape index (κ1) is 14.8. The van der Waals surface area contributed by atoms with Gasteiger partial charge in [0.15, 0.2) is 0 Å². The van der Waals surface area contributed by atoms with Crippen molar-refractivity contribution in [1.82, 2.24) is 15.1 Å². The minimum absolute atomic E-state index is 0.0725. The molecular formula is C14H27N3O2. The Labute approximate surface area is 115 Å². The number of carbonyl (C=O) groups is 1. The van der Waals surface area contributed by atoms with Crippen LogP contribution in [0, 0.1) is 5.92 Å². The highest BCUT2D eigenvalue weighted by molar-refractivity contribution is 5.79. The lowest BCUT2D eigenvalue weighted by Crippen LogP contribution is -2.50. The summed E-state index contributed by atoms with van der Waals surface area (Å²) < 4.78 is 0. The first-order valence-electron chi connectivity index (χ1n) is 7.53. The van der Waals surface area contributed by atoms with E-state index < -0.39 is 0 Å². The second-order valence-electron chi connectivity index (χ2n) is 5.81. The molecule has 0 saturated carbocycles. The molecular weight excluding hydrogens is 242 g/mol. The monoisotopic (exact) mass is 269 g/mol. The molecule has 0 radical (unpaired) electrons. The van der Waals surface area contributed by atoms with Gasteiger partial charge in [0.05, 0.1) is 6.61 Å². The predicted molar refractivity (Wildman–Crippen MR) is 74.9 cm³/mol. The van der Waals surface area contributed by atoms with Crippen molar-refractivity contribution in [3.63, 3.8) is 0 Å². The van der Waals surface area contributed by atoms with E-state index in [9.17, 15) is 9.90 Å². The molecule has 2 heterocycles. The lowest BCUT2D eigenvalue weighted by molar-refractivity contribution is -0.140. The van der Waals surface area contributed by atoms with Gasteiger partial charge < -0.3 is 20.2 Å². The lowest BCUT2D eigenvalue weighted by atomic mass is 9.94. The molecule has 1 amide bonds. The van der Waals surface area contributed by atoms with Gasteiger partial charge in [-0.3, -0.25) is 4.79 Å². The number of aliphatic hydroxyl groups is 1. The molecule has 0 unspecified atom stereocenters. The van der Waals surface area contributed by atoms with Crippen molar-refractivity contribution >= 4 is 5.91 Å². The van der Waals surface area contributed by atoms with Gasteiger partial charge in [0.2, 0.25) is 5.91 Å². The number of nitrogens with zero attached hydrogens (tertiary/aromatic N) is 2. The first-order chi connectivity index (χ1) is 9.22. The van der Waals surface area contributed by atoms with Crippen LogP contribution in [0.1, 0.15) is 25.7 Å². The molecule has 2 rings (SSSR count). The van der Waals surface area contributed by atoms with E-state index in [0.29, 0.717) is 12.6 Å². The maximum atomic E-state index is 12.6. The largest absolute Gasteiger partial charge is 0.395 e. The highest BCUT2D eigenvalue weighted by Gasteiger charge is 2.31. The number of piperidine rings is 2. The van der Waals surface area contributed by atoms with Crippen LogP contribution in [0.4, 0.5) is 0 Å². The summed E-state index contributed by atoms with van der Waals surface area (Å²) in [5, 5.41) is 12.5. The molecule has 19 heavy (non-hydrogen) atoms. The smallest absolute Gasteiger partial charge is 0.226 e. The second kappa shape index (κ2) is 7.22. The topological polar surface area (TPSA) is 55.8 Å². The number of nitrogens with one attached hydrogen (secondary N) is 1. The number of hydrogen-bond acceptors (Lipinski definition) is 4. The summed E-state index contributed by atoms with van der Waals surface area (Å²) in [5.74, 6) is 0.428. The van der Waals surface area contributed by atoms with Crippen LogP contribution in [0.15, 0.2) is 0 Å². The van der Waals surface area contributed by atoms with Gasteiger partial charge in [0.1, 0.15) is 0 Å². The fraction of sp³-hybridized carbons (Fsp3) is 0.929. The standard InChI is InChI=1S/C14H27N3O2/c1-16-8-4-13(5-9-16)17(10-11-18)14(19)12-2-6-15-7-3-12/h12-13,15,18H,2-11H2,1H3. The zero-order valence-corrected chi connectivity index (χ0v) is 12.0. The molecule has 0 atom stereocenters. The average Bonchev–Trinajstić information content (AvgIpc) is 2.46. The SMILES string of the molecule is CN1CCC(N(CCO)C(=O)C2CCNCC2)CC1. The van der Waals surface area contributed by atoms with Gasteiger partial charge in [0.25, 0.3) is 0 Å². The molecule has 110 valence electrons. The summed E-state index contributed by atoms with van der Waals surface area (Å²) in [6.45, 7) is 4.55. The molecule has 5 heteroatoms. The van der Waals surface area contributed by atoms with Crippen LogP contribution < -0.4 is 5.32 Å². The van der Waals surface area contributed by atoms with Crippen molar-refractivity contribution < 1.29 is 9.90 Å². The summed E-state index contributed by atoms with van der Waals surface area (Å²) in [5.41, 5.74) is 0. The molecule has 0 aromatic heterocycles. The highest BCUT2D eigenvalue weighted by atomic mass is 16.3. The zero-order chi connectivity index (χ0) is 13.7. The number of hydrogen-bond donors (Lipinski definition) is 2. The normalized spacial score (nSPS) is 23.5. The minimum atomic E-state index is 0.0725. The summed E-state index contributed by atoms with van der Waals surface area (Å²) in [4.78, 5) is 16.9. The van der Waals surface area contributed by atoms with E-state index in [1.807, 2.05) is 4.90 Å². The molecule has 2 saturated heterocycles. The van der Waals surface area contributed by atoms with Crippen LogP contribution in [0.5, 0.6) is 0 Å². The van der Waals surface area contributed by atoms with Gasteiger partial charge in [-0.15, -0.1) is 0 Å².